The van der Waals surface area contributed by atoms with Gasteiger partial charge in [-0.15, -0.1) is 0 Å². The molecule has 0 saturated carbocycles. The van der Waals surface area contributed by atoms with Crippen LogP contribution >= 0.6 is 0 Å². The van der Waals surface area contributed by atoms with E-state index in [1.54, 1.807) is 12.3 Å². The van der Waals surface area contributed by atoms with Crippen LogP contribution in [0.2, 0.25) is 0 Å². The predicted molar refractivity (Wildman–Crippen MR) is 69.7 cm³/mol. The van der Waals surface area contributed by atoms with Gasteiger partial charge in [-0.2, -0.15) is 0 Å². The maximum atomic E-state index is 11.5. The van der Waals surface area contributed by atoms with Crippen molar-refractivity contribution >= 4 is 17.7 Å². The van der Waals surface area contributed by atoms with Gasteiger partial charge in [-0.3, -0.25) is 4.79 Å². The first-order valence-electron chi connectivity index (χ1n) is 6.39. The number of ketones is 1. The minimum Gasteiger partial charge on any atom is -0.299 e. The molecule has 1 rings (SSSR count). The second-order valence-corrected chi connectivity index (χ2v) is 4.36. The number of hydrogen-bond donors (Lipinski definition) is 0. The van der Waals surface area contributed by atoms with Gasteiger partial charge < -0.3 is 0 Å². The molecule has 0 N–H and O–H groups in total. The maximum Gasteiger partial charge on any atom is 0.404 e. The molecule has 1 aromatic heterocycles. The highest BCUT2D eigenvalue weighted by Gasteiger charge is 2.14. The molecule has 1 aromatic rings. The van der Waals surface area contributed by atoms with Gasteiger partial charge in [-0.1, -0.05) is 19.4 Å². The molecule has 108 valence electrons. The van der Waals surface area contributed by atoms with E-state index in [0.29, 0.717) is 0 Å². The van der Waals surface area contributed by atoms with Crippen LogP contribution in [0.15, 0.2) is 18.3 Å². The minimum atomic E-state index is -0.912. The number of unbranched alkanes of at least 4 members (excludes halogenated alkanes) is 1. The molecule has 0 bridgehead atoms. The lowest BCUT2D eigenvalue weighted by atomic mass is 10.1. The number of carbonyl (C=O) groups excluding carboxylic acids is 3. The Labute approximate surface area is 117 Å². The summed E-state index contributed by atoms with van der Waals surface area (Å²) in [6, 6.07) is 3.28. The maximum absolute atomic E-state index is 11.5. The van der Waals surface area contributed by atoms with Crippen molar-refractivity contribution in [3.63, 3.8) is 0 Å². The molecule has 0 saturated heterocycles. The third-order valence-electron chi connectivity index (χ3n) is 2.46. The van der Waals surface area contributed by atoms with Crippen molar-refractivity contribution < 1.29 is 24.2 Å². The Morgan fingerprint density at radius 3 is 2.50 bits per heavy atom. The fraction of sp³-hybridized carbons (Fsp3) is 0.429. The molecule has 6 nitrogen and oxygen atoms in total. The number of aryl methyl sites for hydroxylation is 1. The van der Waals surface area contributed by atoms with E-state index in [2.05, 4.69) is 21.7 Å². The van der Waals surface area contributed by atoms with Crippen molar-refractivity contribution in [2.75, 3.05) is 0 Å². The molecule has 0 radical (unpaired) electrons. The molecule has 1 heterocycles. The van der Waals surface area contributed by atoms with E-state index in [4.69, 9.17) is 0 Å². The summed E-state index contributed by atoms with van der Waals surface area (Å²) in [6.45, 7) is 3.33. The summed E-state index contributed by atoms with van der Waals surface area (Å²) in [6.07, 6.45) is 4.18. The van der Waals surface area contributed by atoms with E-state index in [9.17, 15) is 14.4 Å². The summed E-state index contributed by atoms with van der Waals surface area (Å²) in [4.78, 5) is 45.6. The fourth-order valence-corrected chi connectivity index (χ4v) is 1.43. The Hall–Kier alpha value is -2.24. The fourth-order valence-electron chi connectivity index (χ4n) is 1.43. The summed E-state index contributed by atoms with van der Waals surface area (Å²) >= 11 is 0. The summed E-state index contributed by atoms with van der Waals surface area (Å²) in [5, 5.41) is 0. The molecule has 0 aliphatic carbocycles. The van der Waals surface area contributed by atoms with Gasteiger partial charge in [0.15, 0.2) is 5.69 Å². The number of carbonyl (C=O) groups is 3. The second kappa shape index (κ2) is 8.04. The summed E-state index contributed by atoms with van der Waals surface area (Å²) in [5.74, 6) is -2.15. The smallest absolute Gasteiger partial charge is 0.299 e. The lowest BCUT2D eigenvalue weighted by Gasteiger charge is -2.03. The van der Waals surface area contributed by atoms with E-state index in [1.165, 1.54) is 13.0 Å². The van der Waals surface area contributed by atoms with Crippen molar-refractivity contribution in [1.29, 1.82) is 0 Å². The number of nitrogens with zero attached hydrogens (tertiary/aromatic N) is 1. The quantitative estimate of drug-likeness (QED) is 0.450. The summed E-state index contributed by atoms with van der Waals surface area (Å²) in [5.41, 5.74) is 1.07. The molecule has 0 aliphatic heterocycles. The molecule has 0 aromatic carbocycles. The van der Waals surface area contributed by atoms with Crippen molar-refractivity contribution in [2.45, 2.75) is 39.5 Å². The van der Waals surface area contributed by atoms with Crippen molar-refractivity contribution in [1.82, 2.24) is 4.98 Å². The van der Waals surface area contributed by atoms with E-state index in [1.807, 2.05) is 0 Å². The second-order valence-electron chi connectivity index (χ2n) is 4.36. The average Bonchev–Trinajstić information content (AvgIpc) is 2.42. The van der Waals surface area contributed by atoms with Crippen LogP contribution in [-0.4, -0.2) is 22.7 Å². The van der Waals surface area contributed by atoms with Crippen molar-refractivity contribution in [3.8, 4) is 0 Å². The Balaban J connectivity index is 2.47. The zero-order valence-electron chi connectivity index (χ0n) is 11.5. The Morgan fingerprint density at radius 2 is 1.95 bits per heavy atom. The van der Waals surface area contributed by atoms with Gasteiger partial charge in [-0.25, -0.2) is 24.3 Å². The summed E-state index contributed by atoms with van der Waals surface area (Å²) < 4.78 is 0. The third-order valence-corrected chi connectivity index (χ3v) is 2.46. The zero-order valence-corrected chi connectivity index (χ0v) is 11.5. The minimum absolute atomic E-state index is 0.0425. The van der Waals surface area contributed by atoms with Crippen LogP contribution in [0.1, 0.15) is 49.2 Å². The first-order valence-corrected chi connectivity index (χ1v) is 6.39. The van der Waals surface area contributed by atoms with Gasteiger partial charge in [0.2, 0.25) is 0 Å². The Kier molecular flexibility index (Phi) is 6.36. The Morgan fingerprint density at radius 1 is 1.20 bits per heavy atom. The first-order chi connectivity index (χ1) is 9.52. The SMILES string of the molecule is CCCCc1ccc(C(=O)OOC(=O)CC(C)=O)nc1. The standard InChI is InChI=1S/C14H17NO5/c1-3-4-5-11-6-7-12(15-9-11)14(18)20-19-13(17)8-10(2)16/h6-7,9H,3-5,8H2,1-2H3. The number of hydrogen-bond acceptors (Lipinski definition) is 6. The van der Waals surface area contributed by atoms with E-state index >= 15 is 0 Å². The molecule has 0 amide bonds. The van der Waals surface area contributed by atoms with Gasteiger partial charge >= 0.3 is 11.9 Å². The van der Waals surface area contributed by atoms with Crippen molar-refractivity contribution in [2.24, 2.45) is 0 Å². The van der Waals surface area contributed by atoms with E-state index in [-0.39, 0.29) is 11.5 Å². The van der Waals surface area contributed by atoms with Crippen LogP contribution in [0.3, 0.4) is 0 Å². The van der Waals surface area contributed by atoms with Gasteiger partial charge in [0.05, 0.1) is 0 Å². The molecule has 0 aliphatic rings. The van der Waals surface area contributed by atoms with Gasteiger partial charge in [0, 0.05) is 6.20 Å². The number of rotatable bonds is 6. The lowest BCUT2D eigenvalue weighted by Crippen LogP contribution is -2.14. The molecule has 0 unspecified atom stereocenters. The van der Waals surface area contributed by atoms with Crippen LogP contribution in [0.5, 0.6) is 0 Å². The average molecular weight is 279 g/mol. The molecular formula is C14H17NO5. The summed E-state index contributed by atoms with van der Waals surface area (Å²) in [7, 11) is 0. The monoisotopic (exact) mass is 279 g/mol. The Bertz CT molecular complexity index is 481. The molecule has 0 spiro atoms. The molecule has 20 heavy (non-hydrogen) atoms. The van der Waals surface area contributed by atoms with Crippen LogP contribution in [0.4, 0.5) is 0 Å². The molecule has 0 fully saturated rings. The number of aromatic nitrogens is 1. The molecular weight excluding hydrogens is 262 g/mol. The number of pyridine rings is 1. The zero-order chi connectivity index (χ0) is 15.0. The normalized spacial score (nSPS) is 9.90. The topological polar surface area (TPSA) is 82.6 Å². The van der Waals surface area contributed by atoms with Crippen LogP contribution in [0, 0.1) is 0 Å². The highest BCUT2D eigenvalue weighted by Crippen LogP contribution is 2.06. The van der Waals surface area contributed by atoms with Crippen LogP contribution in [-0.2, 0) is 25.8 Å². The van der Waals surface area contributed by atoms with Crippen LogP contribution in [0.25, 0.3) is 0 Å². The third kappa shape index (κ3) is 5.60. The first kappa shape index (κ1) is 15.8. The molecule has 6 heteroatoms. The number of Topliss-reactive ketones (excluding diaryl/α,β-unsaturated/α-hetero) is 1. The van der Waals surface area contributed by atoms with Gasteiger partial charge in [-0.05, 0) is 31.4 Å². The lowest BCUT2D eigenvalue weighted by molar-refractivity contribution is -0.233. The highest BCUT2D eigenvalue weighted by molar-refractivity contribution is 5.94. The van der Waals surface area contributed by atoms with E-state index in [0.717, 1.165) is 24.8 Å². The van der Waals surface area contributed by atoms with E-state index < -0.39 is 18.4 Å². The predicted octanol–water partition coefficient (Wildman–Crippen LogP) is 2.02. The van der Waals surface area contributed by atoms with Crippen molar-refractivity contribution in [3.05, 3.63) is 29.6 Å². The van der Waals surface area contributed by atoms with Gasteiger partial charge in [0.1, 0.15) is 12.2 Å². The van der Waals surface area contributed by atoms with Crippen LogP contribution < -0.4 is 0 Å². The highest BCUT2D eigenvalue weighted by atomic mass is 17.2. The molecule has 0 atom stereocenters. The van der Waals surface area contributed by atoms with Gasteiger partial charge in [0.25, 0.3) is 0 Å². The largest absolute Gasteiger partial charge is 0.404 e.